The molecule has 1 N–H and O–H groups in total. The lowest BCUT2D eigenvalue weighted by Crippen LogP contribution is -2.27. The lowest BCUT2D eigenvalue weighted by molar-refractivity contribution is 0.311. The number of rotatable bonds is 5. The van der Waals surface area contributed by atoms with Gasteiger partial charge in [-0.15, -0.1) is 0 Å². The Hall–Kier alpha value is -0.800. The number of hydrogen-bond acceptors (Lipinski definition) is 2. The number of aromatic nitrogens is 1. The molecule has 0 bridgehead atoms. The first-order chi connectivity index (χ1) is 8.33. The quantitative estimate of drug-likeness (QED) is 0.833. The molecule has 0 amide bonds. The number of nitrogens with zero attached hydrogens (tertiary/aromatic N) is 2. The molecule has 0 spiro atoms. The summed E-state index contributed by atoms with van der Waals surface area (Å²) in [7, 11) is 2.11. The average Bonchev–Trinajstić information content (AvgIpc) is 2.94. The minimum Gasteiger partial charge on any atom is -0.353 e. The summed E-state index contributed by atoms with van der Waals surface area (Å²) in [6, 6.07) is 5.26. The fourth-order valence-corrected chi connectivity index (χ4v) is 2.89. The van der Waals surface area contributed by atoms with E-state index in [1.54, 1.807) is 0 Å². The van der Waals surface area contributed by atoms with Crippen molar-refractivity contribution >= 4 is 0 Å². The minimum absolute atomic E-state index is 0.871. The van der Waals surface area contributed by atoms with Gasteiger partial charge in [0.2, 0.25) is 0 Å². The van der Waals surface area contributed by atoms with Crippen LogP contribution in [0.3, 0.4) is 0 Å². The van der Waals surface area contributed by atoms with Crippen molar-refractivity contribution < 1.29 is 0 Å². The van der Waals surface area contributed by atoms with Crippen molar-refractivity contribution in [1.29, 1.82) is 0 Å². The maximum absolute atomic E-state index is 3.60. The van der Waals surface area contributed by atoms with E-state index in [2.05, 4.69) is 40.2 Å². The van der Waals surface area contributed by atoms with E-state index in [4.69, 9.17) is 0 Å². The van der Waals surface area contributed by atoms with Crippen molar-refractivity contribution in [2.24, 2.45) is 13.0 Å². The summed E-state index contributed by atoms with van der Waals surface area (Å²) >= 11 is 0. The van der Waals surface area contributed by atoms with Crippen LogP contribution in [0, 0.1) is 5.92 Å². The fraction of sp³-hybridized carbons (Fsp3) is 0.714. The lowest BCUT2D eigenvalue weighted by atomic mass is 10.1. The SMILES string of the molecule is Cn1cccc1CNCC1CCN(C2CC2)C1. The van der Waals surface area contributed by atoms with Crippen molar-refractivity contribution in [3.05, 3.63) is 24.0 Å². The van der Waals surface area contributed by atoms with Crippen molar-refractivity contribution in [3.8, 4) is 0 Å². The molecule has 17 heavy (non-hydrogen) atoms. The summed E-state index contributed by atoms with van der Waals surface area (Å²) in [5, 5.41) is 3.60. The van der Waals surface area contributed by atoms with Gasteiger partial charge in [-0.1, -0.05) is 0 Å². The minimum atomic E-state index is 0.871. The fourth-order valence-electron chi connectivity index (χ4n) is 2.89. The Balaban J connectivity index is 1.39. The van der Waals surface area contributed by atoms with Crippen LogP contribution >= 0.6 is 0 Å². The molecule has 3 heteroatoms. The van der Waals surface area contributed by atoms with E-state index in [1.807, 2.05) is 0 Å². The van der Waals surface area contributed by atoms with E-state index in [0.29, 0.717) is 0 Å². The smallest absolute Gasteiger partial charge is 0.0359 e. The summed E-state index contributed by atoms with van der Waals surface area (Å²) in [6.45, 7) is 4.84. The molecule has 1 saturated heterocycles. The molecular formula is C14H23N3. The molecule has 1 aromatic heterocycles. The Morgan fingerprint density at radius 2 is 2.24 bits per heavy atom. The normalized spacial score (nSPS) is 25.6. The highest BCUT2D eigenvalue weighted by Gasteiger charge is 2.33. The van der Waals surface area contributed by atoms with Crippen LogP contribution in [0.4, 0.5) is 0 Å². The number of hydrogen-bond donors (Lipinski definition) is 1. The van der Waals surface area contributed by atoms with Gasteiger partial charge in [-0.2, -0.15) is 0 Å². The molecular weight excluding hydrogens is 210 g/mol. The second-order valence-electron chi connectivity index (χ2n) is 5.62. The zero-order valence-corrected chi connectivity index (χ0v) is 10.7. The summed E-state index contributed by atoms with van der Waals surface area (Å²) in [5.41, 5.74) is 1.38. The zero-order chi connectivity index (χ0) is 11.7. The number of likely N-dealkylation sites (tertiary alicyclic amines) is 1. The van der Waals surface area contributed by atoms with Gasteiger partial charge in [0.15, 0.2) is 0 Å². The molecule has 2 fully saturated rings. The van der Waals surface area contributed by atoms with Gasteiger partial charge in [0.25, 0.3) is 0 Å². The van der Waals surface area contributed by atoms with Gasteiger partial charge in [0, 0.05) is 38.1 Å². The molecule has 3 rings (SSSR count). The van der Waals surface area contributed by atoms with Crippen molar-refractivity contribution in [2.45, 2.75) is 31.8 Å². The highest BCUT2D eigenvalue weighted by Crippen LogP contribution is 2.31. The molecule has 1 unspecified atom stereocenters. The summed E-state index contributed by atoms with van der Waals surface area (Å²) in [6.07, 6.45) is 6.39. The van der Waals surface area contributed by atoms with Crippen molar-refractivity contribution in [1.82, 2.24) is 14.8 Å². The molecule has 94 valence electrons. The summed E-state index contributed by atoms with van der Waals surface area (Å²) < 4.78 is 2.19. The molecule has 1 aromatic rings. The third-order valence-corrected chi connectivity index (χ3v) is 4.17. The van der Waals surface area contributed by atoms with Gasteiger partial charge in [-0.05, 0) is 50.4 Å². The van der Waals surface area contributed by atoms with Crippen LogP contribution in [0.2, 0.25) is 0 Å². The monoisotopic (exact) mass is 233 g/mol. The first-order valence-electron chi connectivity index (χ1n) is 6.88. The Bertz CT molecular complexity index is 367. The van der Waals surface area contributed by atoms with Crippen LogP contribution in [0.25, 0.3) is 0 Å². The predicted octanol–water partition coefficient (Wildman–Crippen LogP) is 1.60. The van der Waals surface area contributed by atoms with Crippen molar-refractivity contribution in [2.75, 3.05) is 19.6 Å². The van der Waals surface area contributed by atoms with E-state index in [1.165, 1.54) is 44.6 Å². The van der Waals surface area contributed by atoms with Crippen LogP contribution in [0.1, 0.15) is 25.0 Å². The predicted molar refractivity (Wildman–Crippen MR) is 69.8 cm³/mol. The third kappa shape index (κ3) is 2.72. The average molecular weight is 233 g/mol. The second-order valence-corrected chi connectivity index (χ2v) is 5.62. The maximum atomic E-state index is 3.60. The van der Waals surface area contributed by atoms with E-state index >= 15 is 0 Å². The van der Waals surface area contributed by atoms with E-state index in [0.717, 1.165) is 18.5 Å². The van der Waals surface area contributed by atoms with Gasteiger partial charge in [-0.3, -0.25) is 0 Å². The third-order valence-electron chi connectivity index (χ3n) is 4.17. The number of nitrogens with one attached hydrogen (secondary N) is 1. The highest BCUT2D eigenvalue weighted by atomic mass is 15.2. The van der Waals surface area contributed by atoms with Gasteiger partial charge < -0.3 is 14.8 Å². The van der Waals surface area contributed by atoms with Crippen LogP contribution < -0.4 is 5.32 Å². The Kier molecular flexibility index (Phi) is 3.21. The molecule has 1 atom stereocenters. The Labute approximate surface area is 104 Å². The van der Waals surface area contributed by atoms with Crippen LogP contribution in [-0.4, -0.2) is 35.1 Å². The zero-order valence-electron chi connectivity index (χ0n) is 10.7. The number of aryl methyl sites for hydroxylation is 1. The van der Waals surface area contributed by atoms with Gasteiger partial charge in [-0.25, -0.2) is 0 Å². The van der Waals surface area contributed by atoms with Gasteiger partial charge in [0.1, 0.15) is 0 Å². The first-order valence-corrected chi connectivity index (χ1v) is 6.88. The standard InChI is InChI=1S/C14H23N3/c1-16-7-2-3-14(16)10-15-9-12-6-8-17(11-12)13-4-5-13/h2-3,7,12-13,15H,4-6,8-11H2,1H3. The lowest BCUT2D eigenvalue weighted by Gasteiger charge is -2.15. The molecule has 1 aliphatic carbocycles. The first kappa shape index (κ1) is 11.3. The molecule has 1 aliphatic heterocycles. The van der Waals surface area contributed by atoms with Crippen LogP contribution in [0.15, 0.2) is 18.3 Å². The second kappa shape index (κ2) is 4.83. The molecule has 0 radical (unpaired) electrons. The topological polar surface area (TPSA) is 20.2 Å². The molecule has 2 heterocycles. The Morgan fingerprint density at radius 3 is 2.94 bits per heavy atom. The summed E-state index contributed by atoms with van der Waals surface area (Å²) in [5.74, 6) is 0.871. The van der Waals surface area contributed by atoms with Gasteiger partial charge in [0.05, 0.1) is 0 Å². The largest absolute Gasteiger partial charge is 0.353 e. The van der Waals surface area contributed by atoms with Crippen molar-refractivity contribution in [3.63, 3.8) is 0 Å². The van der Waals surface area contributed by atoms with E-state index < -0.39 is 0 Å². The Morgan fingerprint density at radius 1 is 1.35 bits per heavy atom. The molecule has 3 nitrogen and oxygen atoms in total. The van der Waals surface area contributed by atoms with Crippen LogP contribution in [-0.2, 0) is 13.6 Å². The molecule has 2 aliphatic rings. The summed E-state index contributed by atoms with van der Waals surface area (Å²) in [4.78, 5) is 2.69. The maximum Gasteiger partial charge on any atom is 0.0359 e. The van der Waals surface area contributed by atoms with Crippen LogP contribution in [0.5, 0.6) is 0 Å². The molecule has 1 saturated carbocycles. The van der Waals surface area contributed by atoms with E-state index in [-0.39, 0.29) is 0 Å². The van der Waals surface area contributed by atoms with E-state index in [9.17, 15) is 0 Å². The highest BCUT2D eigenvalue weighted by molar-refractivity contribution is 5.06. The molecule has 0 aromatic carbocycles. The van der Waals surface area contributed by atoms with Gasteiger partial charge >= 0.3 is 0 Å².